The number of rotatable bonds is 1. The van der Waals surface area contributed by atoms with Gasteiger partial charge in [-0.2, -0.15) is 5.10 Å². The number of halogens is 1. The van der Waals surface area contributed by atoms with Gasteiger partial charge >= 0.3 is 6.09 Å². The summed E-state index contributed by atoms with van der Waals surface area (Å²) in [7, 11) is 0. The zero-order valence-electron chi connectivity index (χ0n) is 15.9. The number of nitrogens with zero attached hydrogens (tertiary/aromatic N) is 4. The molecule has 0 aliphatic carbocycles. The Hall–Kier alpha value is -1.89. The van der Waals surface area contributed by atoms with E-state index < -0.39 is 5.60 Å². The van der Waals surface area contributed by atoms with Crippen LogP contribution in [0, 0.1) is 0 Å². The number of aromatic nitrogens is 2. The fourth-order valence-corrected chi connectivity index (χ4v) is 3.93. The van der Waals surface area contributed by atoms with Crippen LogP contribution >= 0.6 is 15.9 Å². The zero-order valence-corrected chi connectivity index (χ0v) is 17.4. The summed E-state index contributed by atoms with van der Waals surface area (Å²) in [5.41, 5.74) is 1.47. The van der Waals surface area contributed by atoms with Crippen LogP contribution in [-0.4, -0.2) is 52.0 Å². The molecule has 2 heterocycles. The van der Waals surface area contributed by atoms with Gasteiger partial charge in [0.2, 0.25) is 0 Å². The second kappa shape index (κ2) is 7.02. The first-order valence-corrected chi connectivity index (χ1v) is 9.63. The van der Waals surface area contributed by atoms with E-state index in [9.17, 15) is 4.79 Å². The Kier molecular flexibility index (Phi) is 5.10. The monoisotopic (exact) mass is 420 g/mol. The van der Waals surface area contributed by atoms with Crippen LogP contribution in [0.5, 0.6) is 0 Å². The molecule has 140 valence electrons. The van der Waals surface area contributed by atoms with Crippen molar-refractivity contribution in [3.8, 4) is 0 Å². The summed E-state index contributed by atoms with van der Waals surface area (Å²) in [5, 5.41) is 9.30. The molecule has 2 aromatic rings. The zero-order chi connectivity index (χ0) is 19.1. The van der Waals surface area contributed by atoms with Crippen LogP contribution in [0.3, 0.4) is 0 Å². The summed E-state index contributed by atoms with van der Waals surface area (Å²) in [4.78, 5) is 16.8. The molecule has 26 heavy (non-hydrogen) atoms. The highest BCUT2D eigenvalue weighted by Gasteiger charge is 2.36. The normalized spacial score (nSPS) is 21.2. The molecule has 0 saturated carbocycles. The van der Waals surface area contributed by atoms with Gasteiger partial charge in [0, 0.05) is 28.6 Å². The van der Waals surface area contributed by atoms with Gasteiger partial charge in [0.05, 0.1) is 18.3 Å². The van der Waals surface area contributed by atoms with E-state index in [4.69, 9.17) is 4.74 Å². The number of carbonyl (C=O) groups is 1. The molecular formula is C19H25BrN4O2. The second-order valence-corrected chi connectivity index (χ2v) is 8.70. The van der Waals surface area contributed by atoms with Crippen LogP contribution in [0.4, 0.5) is 10.5 Å². The smallest absolute Gasteiger partial charge is 0.410 e. The lowest BCUT2D eigenvalue weighted by atomic mass is 10.1. The molecule has 1 aromatic carbocycles. The first kappa shape index (κ1) is 18.9. The lowest BCUT2D eigenvalue weighted by Crippen LogP contribution is -2.59. The van der Waals surface area contributed by atoms with Crippen molar-refractivity contribution in [2.45, 2.75) is 52.3 Å². The minimum absolute atomic E-state index is 0.0436. The van der Waals surface area contributed by atoms with Gasteiger partial charge < -0.3 is 9.64 Å². The minimum Gasteiger partial charge on any atom is -0.444 e. The molecule has 1 fully saturated rings. The van der Waals surface area contributed by atoms with Crippen LogP contribution < -0.4 is 4.90 Å². The van der Waals surface area contributed by atoms with Crippen LogP contribution in [0.15, 0.2) is 28.9 Å². The van der Waals surface area contributed by atoms with Gasteiger partial charge in [-0.15, -0.1) is 5.10 Å². The molecule has 1 aliphatic rings. The van der Waals surface area contributed by atoms with E-state index in [2.05, 4.69) is 50.9 Å². The molecule has 1 saturated heterocycles. The molecule has 1 aliphatic heterocycles. The van der Waals surface area contributed by atoms with E-state index in [1.807, 2.05) is 37.8 Å². The topological polar surface area (TPSA) is 58.6 Å². The maximum atomic E-state index is 12.6. The number of fused-ring (bicyclic) bond motifs is 1. The molecule has 2 unspecified atom stereocenters. The molecule has 2 atom stereocenters. The van der Waals surface area contributed by atoms with Gasteiger partial charge in [0.25, 0.3) is 0 Å². The fourth-order valence-electron chi connectivity index (χ4n) is 3.51. The van der Waals surface area contributed by atoms with Crippen molar-refractivity contribution >= 4 is 38.6 Å². The third-order valence-electron chi connectivity index (χ3n) is 4.47. The van der Waals surface area contributed by atoms with Gasteiger partial charge in [0.1, 0.15) is 11.1 Å². The highest BCUT2D eigenvalue weighted by Crippen LogP contribution is 2.33. The molecule has 0 radical (unpaired) electrons. The predicted octanol–water partition coefficient (Wildman–Crippen LogP) is 4.23. The number of hydrogen-bond donors (Lipinski definition) is 0. The molecule has 0 bridgehead atoms. The minimum atomic E-state index is -0.492. The van der Waals surface area contributed by atoms with E-state index in [0.717, 1.165) is 34.2 Å². The maximum absolute atomic E-state index is 12.6. The van der Waals surface area contributed by atoms with Gasteiger partial charge in [-0.05, 0) is 68.7 Å². The average Bonchev–Trinajstić information content (AvgIpc) is 2.53. The number of amides is 1. The van der Waals surface area contributed by atoms with E-state index >= 15 is 0 Å². The van der Waals surface area contributed by atoms with Crippen molar-refractivity contribution in [3.05, 3.63) is 28.9 Å². The number of ether oxygens (including phenoxy) is 1. The number of anilines is 1. The van der Waals surface area contributed by atoms with Crippen LogP contribution in [-0.2, 0) is 4.74 Å². The van der Waals surface area contributed by atoms with Crippen molar-refractivity contribution < 1.29 is 9.53 Å². The highest BCUT2D eigenvalue weighted by atomic mass is 79.9. The van der Waals surface area contributed by atoms with Gasteiger partial charge in [-0.3, -0.25) is 4.90 Å². The lowest BCUT2D eigenvalue weighted by molar-refractivity contribution is 0.00568. The summed E-state index contributed by atoms with van der Waals surface area (Å²) in [6.07, 6.45) is 1.46. The molecule has 7 heteroatoms. The molecule has 3 rings (SSSR count). The number of carbonyl (C=O) groups excluding carboxylic acids is 1. The van der Waals surface area contributed by atoms with E-state index in [1.54, 1.807) is 6.20 Å². The van der Waals surface area contributed by atoms with Crippen LogP contribution in [0.1, 0.15) is 34.6 Å². The standard InChI is InChI=1S/C19H25BrN4O2/c1-12-10-23(11-13(2)24(12)18(25)26-19(3,4)5)16-7-6-15(20)17-14(16)8-9-21-22-17/h6-9,12-13H,10-11H2,1-5H3. The van der Waals surface area contributed by atoms with Crippen molar-refractivity contribution in [3.63, 3.8) is 0 Å². The average molecular weight is 421 g/mol. The van der Waals surface area contributed by atoms with Crippen molar-refractivity contribution in [2.75, 3.05) is 18.0 Å². The Balaban J connectivity index is 1.86. The molecule has 0 spiro atoms. The summed E-state index contributed by atoms with van der Waals surface area (Å²) >= 11 is 3.54. The Labute approximate surface area is 162 Å². The number of hydrogen-bond acceptors (Lipinski definition) is 5. The molecule has 6 nitrogen and oxygen atoms in total. The van der Waals surface area contributed by atoms with Crippen LogP contribution in [0.25, 0.3) is 10.9 Å². The maximum Gasteiger partial charge on any atom is 0.410 e. The van der Waals surface area contributed by atoms with E-state index in [1.165, 1.54) is 0 Å². The Bertz CT molecular complexity index is 809. The van der Waals surface area contributed by atoms with Crippen LogP contribution in [0.2, 0.25) is 0 Å². The summed E-state index contributed by atoms with van der Waals surface area (Å²) in [5.74, 6) is 0. The highest BCUT2D eigenvalue weighted by molar-refractivity contribution is 9.10. The number of benzene rings is 1. The molecule has 1 amide bonds. The van der Waals surface area contributed by atoms with Gasteiger partial charge in [-0.25, -0.2) is 4.79 Å². The van der Waals surface area contributed by atoms with Crippen molar-refractivity contribution in [1.29, 1.82) is 0 Å². The predicted molar refractivity (Wildman–Crippen MR) is 106 cm³/mol. The Morgan fingerprint density at radius 2 is 1.85 bits per heavy atom. The van der Waals surface area contributed by atoms with E-state index in [-0.39, 0.29) is 18.2 Å². The fraction of sp³-hybridized carbons (Fsp3) is 0.526. The van der Waals surface area contributed by atoms with Crippen molar-refractivity contribution in [1.82, 2.24) is 15.1 Å². The largest absolute Gasteiger partial charge is 0.444 e. The summed E-state index contributed by atoms with van der Waals surface area (Å²) in [6.45, 7) is 11.3. The second-order valence-electron chi connectivity index (χ2n) is 7.85. The third kappa shape index (κ3) is 3.77. The van der Waals surface area contributed by atoms with E-state index in [0.29, 0.717) is 0 Å². The molecular weight excluding hydrogens is 396 g/mol. The summed E-state index contributed by atoms with van der Waals surface area (Å²) in [6, 6.07) is 6.17. The van der Waals surface area contributed by atoms with Gasteiger partial charge in [0.15, 0.2) is 0 Å². The first-order chi connectivity index (χ1) is 12.2. The SMILES string of the molecule is CC1CN(c2ccc(Br)c3nnccc23)CC(C)N1C(=O)OC(C)(C)C. The first-order valence-electron chi connectivity index (χ1n) is 8.83. The molecule has 0 N–H and O–H groups in total. The van der Waals surface area contributed by atoms with Gasteiger partial charge in [-0.1, -0.05) is 0 Å². The Morgan fingerprint density at radius 3 is 2.46 bits per heavy atom. The Morgan fingerprint density at radius 1 is 1.19 bits per heavy atom. The molecule has 1 aromatic heterocycles. The quantitative estimate of drug-likeness (QED) is 0.690. The summed E-state index contributed by atoms with van der Waals surface area (Å²) < 4.78 is 6.52. The van der Waals surface area contributed by atoms with Crippen molar-refractivity contribution in [2.24, 2.45) is 0 Å². The third-order valence-corrected chi connectivity index (χ3v) is 5.11. The number of piperazine rings is 1. The lowest BCUT2D eigenvalue weighted by Gasteiger charge is -2.45.